The first-order valence-corrected chi connectivity index (χ1v) is 9.28. The van der Waals surface area contributed by atoms with Crippen molar-refractivity contribution < 1.29 is 18.0 Å². The zero-order chi connectivity index (χ0) is 18.7. The summed E-state index contributed by atoms with van der Waals surface area (Å²) in [6.45, 7) is 1.87. The molecule has 1 N–H and O–H groups in total. The maximum absolute atomic E-state index is 13.3. The van der Waals surface area contributed by atoms with E-state index in [1.54, 1.807) is 12.1 Å². The number of rotatable bonds is 4. The minimum atomic E-state index is -4.51. The predicted octanol–water partition coefficient (Wildman–Crippen LogP) is 4.41. The Morgan fingerprint density at radius 3 is 2.65 bits per heavy atom. The molecule has 0 unspecified atom stereocenters. The van der Waals surface area contributed by atoms with E-state index in [2.05, 4.69) is 15.3 Å². The Bertz CT molecular complexity index is 824. The molecule has 3 rings (SSSR count). The summed E-state index contributed by atoms with van der Waals surface area (Å²) in [6, 6.07) is 7.30. The molecule has 0 fully saturated rings. The van der Waals surface area contributed by atoms with Gasteiger partial charge >= 0.3 is 6.18 Å². The molecular formula is C18H18F3N3OS. The van der Waals surface area contributed by atoms with Gasteiger partial charge in [0.05, 0.1) is 5.75 Å². The highest BCUT2D eigenvalue weighted by Gasteiger charge is 2.38. The molecule has 2 aromatic rings. The van der Waals surface area contributed by atoms with Crippen LogP contribution in [0.3, 0.4) is 0 Å². The molecule has 0 saturated heterocycles. The highest BCUT2D eigenvalue weighted by molar-refractivity contribution is 7.99. The molecule has 0 aliphatic heterocycles. The van der Waals surface area contributed by atoms with Crippen LogP contribution in [0.5, 0.6) is 0 Å². The maximum Gasteiger partial charge on any atom is 0.433 e. The average molecular weight is 381 g/mol. The third-order valence-electron chi connectivity index (χ3n) is 4.18. The van der Waals surface area contributed by atoms with Crippen LogP contribution in [0, 0.1) is 6.92 Å². The Kier molecular flexibility index (Phi) is 5.50. The highest BCUT2D eigenvalue weighted by Crippen LogP contribution is 2.35. The summed E-state index contributed by atoms with van der Waals surface area (Å²) < 4.78 is 39.9. The third kappa shape index (κ3) is 4.35. The number of alkyl halides is 3. The quantitative estimate of drug-likeness (QED) is 0.629. The van der Waals surface area contributed by atoms with Crippen LogP contribution >= 0.6 is 11.8 Å². The lowest BCUT2D eigenvalue weighted by molar-refractivity contribution is -0.142. The fourth-order valence-electron chi connectivity index (χ4n) is 2.90. The van der Waals surface area contributed by atoms with E-state index < -0.39 is 11.9 Å². The van der Waals surface area contributed by atoms with Crippen molar-refractivity contribution in [2.24, 2.45) is 0 Å². The van der Waals surface area contributed by atoms with Crippen molar-refractivity contribution in [3.05, 3.63) is 46.8 Å². The van der Waals surface area contributed by atoms with Gasteiger partial charge in [0.1, 0.15) is 0 Å². The number of hydrogen-bond donors (Lipinski definition) is 1. The summed E-state index contributed by atoms with van der Waals surface area (Å²) in [6.07, 6.45) is -2.11. The largest absolute Gasteiger partial charge is 0.433 e. The number of nitrogens with zero attached hydrogens (tertiary/aromatic N) is 2. The van der Waals surface area contributed by atoms with Crippen LogP contribution < -0.4 is 5.32 Å². The normalized spacial score (nSPS) is 14.0. The molecule has 0 atom stereocenters. The summed E-state index contributed by atoms with van der Waals surface area (Å²) in [5.41, 5.74) is 1.40. The minimum absolute atomic E-state index is 0.00194. The first-order valence-electron chi connectivity index (χ1n) is 8.30. The predicted molar refractivity (Wildman–Crippen MR) is 94.2 cm³/mol. The summed E-state index contributed by atoms with van der Waals surface area (Å²) in [7, 11) is 0. The summed E-state index contributed by atoms with van der Waals surface area (Å²) in [5, 5.41) is 2.75. The number of thioether (sulfide) groups is 1. The molecule has 1 heterocycles. The van der Waals surface area contributed by atoms with Crippen molar-refractivity contribution in [2.75, 3.05) is 11.1 Å². The van der Waals surface area contributed by atoms with Gasteiger partial charge in [-0.3, -0.25) is 4.79 Å². The number of anilines is 1. The number of amides is 1. The van der Waals surface area contributed by atoms with Gasteiger partial charge in [-0.1, -0.05) is 30.0 Å². The number of benzene rings is 1. The van der Waals surface area contributed by atoms with E-state index in [-0.39, 0.29) is 22.4 Å². The van der Waals surface area contributed by atoms with Crippen LogP contribution in [-0.4, -0.2) is 21.6 Å². The number of aromatic nitrogens is 2. The molecule has 0 bridgehead atoms. The first kappa shape index (κ1) is 18.7. The van der Waals surface area contributed by atoms with Crippen molar-refractivity contribution in [2.45, 2.75) is 43.9 Å². The van der Waals surface area contributed by atoms with Gasteiger partial charge in [0.15, 0.2) is 10.9 Å². The Morgan fingerprint density at radius 2 is 1.92 bits per heavy atom. The minimum Gasteiger partial charge on any atom is -0.325 e. The Morgan fingerprint density at radius 1 is 1.19 bits per heavy atom. The number of carbonyl (C=O) groups is 1. The Hall–Kier alpha value is -2.09. The van der Waals surface area contributed by atoms with Crippen molar-refractivity contribution in [1.82, 2.24) is 9.97 Å². The van der Waals surface area contributed by atoms with E-state index in [0.29, 0.717) is 30.6 Å². The molecule has 138 valence electrons. The first-order chi connectivity index (χ1) is 12.3. The van der Waals surface area contributed by atoms with E-state index >= 15 is 0 Å². The summed E-state index contributed by atoms with van der Waals surface area (Å²) in [4.78, 5) is 20.1. The molecule has 1 aliphatic rings. The molecule has 0 radical (unpaired) electrons. The van der Waals surface area contributed by atoms with Gasteiger partial charge in [0.2, 0.25) is 5.91 Å². The zero-order valence-corrected chi connectivity index (χ0v) is 15.0. The molecule has 0 saturated carbocycles. The van der Waals surface area contributed by atoms with Gasteiger partial charge in [-0.15, -0.1) is 0 Å². The molecular weight excluding hydrogens is 363 g/mol. The molecule has 1 amide bonds. The number of carbonyl (C=O) groups excluding carboxylic acids is 1. The number of nitrogens with one attached hydrogen (secondary N) is 1. The number of para-hydroxylation sites is 1. The fraction of sp³-hybridized carbons (Fsp3) is 0.389. The van der Waals surface area contributed by atoms with Crippen LogP contribution in [0.15, 0.2) is 29.4 Å². The van der Waals surface area contributed by atoms with Crippen molar-refractivity contribution in [3.8, 4) is 0 Å². The van der Waals surface area contributed by atoms with Crippen LogP contribution in [-0.2, 0) is 23.8 Å². The lowest BCUT2D eigenvalue weighted by Gasteiger charge is -2.20. The smallest absolute Gasteiger partial charge is 0.325 e. The molecule has 1 aromatic carbocycles. The number of aryl methyl sites for hydroxylation is 2. The molecule has 1 aromatic heterocycles. The monoisotopic (exact) mass is 381 g/mol. The Balaban J connectivity index is 1.74. The maximum atomic E-state index is 13.3. The molecule has 26 heavy (non-hydrogen) atoms. The van der Waals surface area contributed by atoms with Gasteiger partial charge in [-0.2, -0.15) is 13.2 Å². The number of fused-ring (bicyclic) bond motifs is 1. The number of hydrogen-bond acceptors (Lipinski definition) is 4. The fourth-order valence-corrected chi connectivity index (χ4v) is 3.56. The molecule has 1 aliphatic carbocycles. The van der Waals surface area contributed by atoms with Crippen LogP contribution in [0.25, 0.3) is 0 Å². The van der Waals surface area contributed by atoms with Gasteiger partial charge in [-0.25, -0.2) is 9.97 Å². The third-order valence-corrected chi connectivity index (χ3v) is 5.03. The van der Waals surface area contributed by atoms with Gasteiger partial charge in [0, 0.05) is 16.9 Å². The number of halogens is 3. The SMILES string of the molecule is Cc1ccccc1NC(=O)CSc1nc2c(c(C(F)(F)F)n1)CCCC2. The van der Waals surface area contributed by atoms with E-state index in [0.717, 1.165) is 23.7 Å². The summed E-state index contributed by atoms with van der Waals surface area (Å²) in [5.74, 6) is -0.357. The van der Waals surface area contributed by atoms with Crippen LogP contribution in [0.2, 0.25) is 0 Å². The Labute approximate surface area is 153 Å². The van der Waals surface area contributed by atoms with Crippen molar-refractivity contribution >= 4 is 23.4 Å². The molecule has 4 nitrogen and oxygen atoms in total. The van der Waals surface area contributed by atoms with E-state index in [9.17, 15) is 18.0 Å². The van der Waals surface area contributed by atoms with E-state index in [4.69, 9.17) is 0 Å². The summed E-state index contributed by atoms with van der Waals surface area (Å²) >= 11 is 0.922. The van der Waals surface area contributed by atoms with Gasteiger partial charge in [0.25, 0.3) is 0 Å². The van der Waals surface area contributed by atoms with Crippen molar-refractivity contribution in [3.63, 3.8) is 0 Å². The van der Waals surface area contributed by atoms with E-state index in [1.165, 1.54) is 0 Å². The van der Waals surface area contributed by atoms with E-state index in [1.807, 2.05) is 19.1 Å². The molecule has 8 heteroatoms. The lowest BCUT2D eigenvalue weighted by Crippen LogP contribution is -2.20. The second-order valence-electron chi connectivity index (χ2n) is 6.14. The van der Waals surface area contributed by atoms with Gasteiger partial charge < -0.3 is 5.32 Å². The highest BCUT2D eigenvalue weighted by atomic mass is 32.2. The zero-order valence-electron chi connectivity index (χ0n) is 14.2. The standard InChI is InChI=1S/C18H18F3N3OS/c1-11-6-2-4-8-13(11)22-15(25)10-26-17-23-14-9-5-3-7-12(14)16(24-17)18(19,20)21/h2,4,6,8H,3,5,7,9-10H2,1H3,(H,22,25). The van der Waals surface area contributed by atoms with Crippen LogP contribution in [0.1, 0.15) is 35.4 Å². The lowest BCUT2D eigenvalue weighted by atomic mass is 9.94. The second-order valence-corrected chi connectivity index (χ2v) is 7.08. The molecule has 0 spiro atoms. The van der Waals surface area contributed by atoms with Gasteiger partial charge in [-0.05, 0) is 44.2 Å². The topological polar surface area (TPSA) is 54.9 Å². The van der Waals surface area contributed by atoms with Crippen LogP contribution in [0.4, 0.5) is 18.9 Å². The second kappa shape index (κ2) is 7.65. The van der Waals surface area contributed by atoms with Crippen molar-refractivity contribution in [1.29, 1.82) is 0 Å². The average Bonchev–Trinajstić information content (AvgIpc) is 2.60.